The molecule has 0 aliphatic heterocycles. The number of H-pyrrole nitrogens is 2. The number of aromatic amines is 2. The third kappa shape index (κ3) is 1.06. The van der Waals surface area contributed by atoms with Gasteiger partial charge in [-0.15, -0.1) is 0 Å². The van der Waals surface area contributed by atoms with Gasteiger partial charge < -0.3 is 4.98 Å². The zero-order valence-electron chi connectivity index (χ0n) is 6.53. The lowest BCUT2D eigenvalue weighted by atomic mass is 10.2. The Labute approximate surface area is 72.2 Å². The second-order valence-electron chi connectivity index (χ2n) is 2.47. The molecule has 2 N–H and O–H groups in total. The molecule has 2 aromatic rings. The summed E-state index contributed by atoms with van der Waals surface area (Å²) in [5.74, 6) is 0. The average Bonchev–Trinajstić information content (AvgIpc) is 2.51. The van der Waals surface area contributed by atoms with Gasteiger partial charge in [0.2, 0.25) is 0 Å². The van der Waals surface area contributed by atoms with Gasteiger partial charge in [-0.3, -0.25) is 9.89 Å². The fourth-order valence-corrected chi connectivity index (χ4v) is 1.13. The molecule has 0 saturated heterocycles. The third-order valence-corrected chi connectivity index (χ3v) is 1.69. The number of fused-ring (bicyclic) bond motifs is 1. The van der Waals surface area contributed by atoms with E-state index in [1.807, 2.05) is 6.07 Å². The van der Waals surface area contributed by atoms with E-state index in [2.05, 4.69) is 20.2 Å². The Morgan fingerprint density at radius 2 is 2.46 bits per heavy atom. The Kier molecular flexibility index (Phi) is 1.56. The highest BCUT2D eigenvalue weighted by Crippen LogP contribution is 2.07. The van der Waals surface area contributed by atoms with Gasteiger partial charge in [0.05, 0.1) is 24.5 Å². The van der Waals surface area contributed by atoms with Crippen LogP contribution in [0.25, 0.3) is 11.0 Å². The smallest absolute Gasteiger partial charge is 0.262 e. The molecule has 0 fully saturated rings. The predicted molar refractivity (Wildman–Crippen MR) is 43.8 cm³/mol. The fourth-order valence-electron chi connectivity index (χ4n) is 1.13. The first-order valence-corrected chi connectivity index (χ1v) is 3.60. The van der Waals surface area contributed by atoms with Crippen molar-refractivity contribution in [3.05, 3.63) is 22.4 Å². The van der Waals surface area contributed by atoms with E-state index >= 15 is 0 Å². The Hall–Kier alpha value is -2.16. The highest BCUT2D eigenvalue weighted by Gasteiger charge is 2.08. The molecule has 2 heterocycles. The molecule has 64 valence electrons. The molecule has 0 aliphatic rings. The molecule has 0 unspecified atom stereocenters. The number of hydrogen-bond acceptors (Lipinski definition) is 4. The van der Waals surface area contributed by atoms with Crippen molar-refractivity contribution < 1.29 is 0 Å². The van der Waals surface area contributed by atoms with Crippen molar-refractivity contribution in [2.24, 2.45) is 0 Å². The first-order chi connectivity index (χ1) is 6.33. The number of hydrogen-bond donors (Lipinski definition) is 2. The summed E-state index contributed by atoms with van der Waals surface area (Å²) in [5.41, 5.74) is 0.574. The molecule has 0 radical (unpaired) electrons. The van der Waals surface area contributed by atoms with E-state index in [1.165, 1.54) is 6.33 Å². The first kappa shape index (κ1) is 7.49. The van der Waals surface area contributed by atoms with E-state index in [1.54, 1.807) is 0 Å². The van der Waals surface area contributed by atoms with Crippen LogP contribution < -0.4 is 5.56 Å². The standard InChI is InChI=1S/C7H5N5O/c8-2-1-4-5-6(12-11-4)9-3-10-7(5)13/h3H,1H2,(H2,9,10,11,12,13). The molecule has 0 bridgehead atoms. The van der Waals surface area contributed by atoms with Gasteiger partial charge in [-0.2, -0.15) is 10.4 Å². The lowest BCUT2D eigenvalue weighted by Crippen LogP contribution is -2.06. The van der Waals surface area contributed by atoms with Crippen LogP contribution in [-0.4, -0.2) is 20.2 Å². The normalized spacial score (nSPS) is 10.1. The van der Waals surface area contributed by atoms with Crippen LogP contribution in [0.3, 0.4) is 0 Å². The molecular formula is C7H5N5O. The van der Waals surface area contributed by atoms with E-state index in [4.69, 9.17) is 5.26 Å². The highest BCUT2D eigenvalue weighted by atomic mass is 16.1. The van der Waals surface area contributed by atoms with E-state index < -0.39 is 0 Å². The average molecular weight is 175 g/mol. The van der Waals surface area contributed by atoms with E-state index in [9.17, 15) is 4.79 Å². The van der Waals surface area contributed by atoms with Gasteiger partial charge >= 0.3 is 0 Å². The summed E-state index contributed by atoms with van der Waals surface area (Å²) in [7, 11) is 0. The summed E-state index contributed by atoms with van der Waals surface area (Å²) in [6.45, 7) is 0. The Morgan fingerprint density at radius 3 is 3.23 bits per heavy atom. The topological polar surface area (TPSA) is 98.2 Å². The summed E-state index contributed by atoms with van der Waals surface area (Å²) in [6, 6.07) is 1.94. The third-order valence-electron chi connectivity index (χ3n) is 1.69. The highest BCUT2D eigenvalue weighted by molar-refractivity contribution is 5.76. The van der Waals surface area contributed by atoms with Crippen molar-refractivity contribution in [3.63, 3.8) is 0 Å². The maximum absolute atomic E-state index is 11.3. The van der Waals surface area contributed by atoms with Crippen LogP contribution in [0.2, 0.25) is 0 Å². The van der Waals surface area contributed by atoms with Crippen LogP contribution in [0.1, 0.15) is 5.69 Å². The van der Waals surface area contributed by atoms with Crippen molar-refractivity contribution >= 4 is 11.0 Å². The van der Waals surface area contributed by atoms with Gasteiger partial charge in [0.25, 0.3) is 5.56 Å². The minimum Gasteiger partial charge on any atom is -0.312 e. The fraction of sp³-hybridized carbons (Fsp3) is 0.143. The molecular weight excluding hydrogens is 170 g/mol. The molecule has 0 atom stereocenters. The summed E-state index contributed by atoms with van der Waals surface area (Å²) < 4.78 is 0. The van der Waals surface area contributed by atoms with Crippen LogP contribution in [0.4, 0.5) is 0 Å². The van der Waals surface area contributed by atoms with Crippen LogP contribution in [-0.2, 0) is 6.42 Å². The van der Waals surface area contributed by atoms with Gasteiger partial charge in [0.15, 0.2) is 5.65 Å². The zero-order chi connectivity index (χ0) is 9.26. The van der Waals surface area contributed by atoms with Crippen LogP contribution >= 0.6 is 0 Å². The van der Waals surface area contributed by atoms with Gasteiger partial charge in [-0.1, -0.05) is 0 Å². The Balaban J connectivity index is 2.80. The summed E-state index contributed by atoms with van der Waals surface area (Å²) >= 11 is 0. The number of nitrogens with one attached hydrogen (secondary N) is 2. The maximum Gasteiger partial charge on any atom is 0.262 e. The van der Waals surface area contributed by atoms with E-state index in [0.717, 1.165) is 0 Å². The second-order valence-corrected chi connectivity index (χ2v) is 2.47. The number of nitriles is 1. The lowest BCUT2D eigenvalue weighted by molar-refractivity contribution is 1.02. The van der Waals surface area contributed by atoms with E-state index in [-0.39, 0.29) is 12.0 Å². The number of aromatic nitrogens is 4. The molecule has 6 heteroatoms. The lowest BCUT2D eigenvalue weighted by Gasteiger charge is -1.87. The van der Waals surface area contributed by atoms with Gasteiger partial charge in [-0.25, -0.2) is 4.98 Å². The molecule has 2 rings (SSSR count). The molecule has 2 aromatic heterocycles. The van der Waals surface area contributed by atoms with E-state index in [0.29, 0.717) is 16.7 Å². The largest absolute Gasteiger partial charge is 0.312 e. The molecule has 0 spiro atoms. The van der Waals surface area contributed by atoms with Crippen LogP contribution in [0, 0.1) is 11.3 Å². The van der Waals surface area contributed by atoms with Gasteiger partial charge in [0.1, 0.15) is 5.39 Å². The van der Waals surface area contributed by atoms with Crippen molar-refractivity contribution in [1.82, 2.24) is 20.2 Å². The summed E-state index contributed by atoms with van der Waals surface area (Å²) in [5, 5.41) is 15.2. The second kappa shape index (κ2) is 2.71. The predicted octanol–water partition coefficient (Wildman–Crippen LogP) is -0.288. The SMILES string of the molecule is N#CCc1[nH]nc2nc[nH]c(=O)c12. The van der Waals surface area contributed by atoms with Crippen molar-refractivity contribution in [2.45, 2.75) is 6.42 Å². The van der Waals surface area contributed by atoms with Crippen molar-refractivity contribution in [1.29, 1.82) is 5.26 Å². The van der Waals surface area contributed by atoms with Crippen LogP contribution in [0.5, 0.6) is 0 Å². The molecule has 0 saturated carbocycles. The quantitative estimate of drug-likeness (QED) is 0.622. The minimum atomic E-state index is -0.274. The van der Waals surface area contributed by atoms with Crippen molar-refractivity contribution in [2.75, 3.05) is 0 Å². The molecule has 13 heavy (non-hydrogen) atoms. The minimum absolute atomic E-state index is 0.130. The van der Waals surface area contributed by atoms with Gasteiger partial charge in [-0.05, 0) is 0 Å². The Morgan fingerprint density at radius 1 is 1.62 bits per heavy atom. The maximum atomic E-state index is 11.3. The Bertz CT molecular complexity index is 532. The molecule has 0 aliphatic carbocycles. The molecule has 6 nitrogen and oxygen atoms in total. The van der Waals surface area contributed by atoms with Crippen LogP contribution in [0.15, 0.2) is 11.1 Å². The summed E-state index contributed by atoms with van der Waals surface area (Å²) in [6.07, 6.45) is 1.41. The monoisotopic (exact) mass is 175 g/mol. The first-order valence-electron chi connectivity index (χ1n) is 3.60. The van der Waals surface area contributed by atoms with Crippen molar-refractivity contribution in [3.8, 4) is 6.07 Å². The number of rotatable bonds is 1. The van der Waals surface area contributed by atoms with Gasteiger partial charge in [0, 0.05) is 0 Å². The molecule has 0 amide bonds. The zero-order valence-corrected chi connectivity index (χ0v) is 6.53. The number of nitrogens with zero attached hydrogens (tertiary/aromatic N) is 3. The summed E-state index contributed by atoms with van der Waals surface area (Å²) in [4.78, 5) is 17.5. The molecule has 0 aromatic carbocycles.